The summed E-state index contributed by atoms with van der Waals surface area (Å²) >= 11 is 0. The van der Waals surface area contributed by atoms with E-state index in [0.717, 1.165) is 55.8 Å². The largest absolute Gasteiger partial charge is 0.454 e. The van der Waals surface area contributed by atoms with Crippen molar-refractivity contribution >= 4 is 29.9 Å². The van der Waals surface area contributed by atoms with Gasteiger partial charge in [0.25, 0.3) is 0 Å². The molecule has 1 aromatic carbocycles. The van der Waals surface area contributed by atoms with Gasteiger partial charge in [0.15, 0.2) is 17.5 Å². The van der Waals surface area contributed by atoms with E-state index >= 15 is 0 Å². The number of hydrogen-bond acceptors (Lipinski definition) is 6. The Labute approximate surface area is 187 Å². The molecule has 2 aliphatic rings. The average molecular weight is 514 g/mol. The predicted octanol–water partition coefficient (Wildman–Crippen LogP) is 2.78. The van der Waals surface area contributed by atoms with E-state index in [9.17, 15) is 0 Å². The predicted molar refractivity (Wildman–Crippen MR) is 119 cm³/mol. The van der Waals surface area contributed by atoms with Crippen molar-refractivity contribution in [2.75, 3.05) is 40.6 Å². The molecule has 0 atom stereocenters. The molecule has 8 nitrogen and oxygen atoms in total. The maximum Gasteiger partial charge on any atom is 0.231 e. The van der Waals surface area contributed by atoms with Crippen LogP contribution in [0.1, 0.15) is 24.1 Å². The van der Waals surface area contributed by atoms with Crippen LogP contribution in [-0.4, -0.2) is 56.7 Å². The minimum Gasteiger partial charge on any atom is -0.454 e. The third-order valence-corrected chi connectivity index (χ3v) is 5.48. The SMILES string of the molecule is CN=C(NCC1(c2ccc3c(c2)OCO3)CCOCC1)N(C)Cc1ccon1.I. The van der Waals surface area contributed by atoms with Crippen molar-refractivity contribution in [3.63, 3.8) is 0 Å². The van der Waals surface area contributed by atoms with Gasteiger partial charge in [-0.3, -0.25) is 4.99 Å². The van der Waals surface area contributed by atoms with Gasteiger partial charge < -0.3 is 29.0 Å². The fraction of sp³-hybridized carbons (Fsp3) is 0.500. The number of halogens is 1. The number of benzene rings is 1. The average Bonchev–Trinajstić information content (AvgIpc) is 3.40. The van der Waals surface area contributed by atoms with Gasteiger partial charge in [-0.15, -0.1) is 24.0 Å². The number of hydrogen-bond donors (Lipinski definition) is 1. The lowest BCUT2D eigenvalue weighted by atomic mass is 9.74. The van der Waals surface area contributed by atoms with Crippen LogP contribution in [0.25, 0.3) is 0 Å². The fourth-order valence-corrected chi connectivity index (χ4v) is 3.83. The molecule has 0 aliphatic carbocycles. The Kier molecular flexibility index (Phi) is 7.23. The second kappa shape index (κ2) is 9.66. The molecule has 3 heterocycles. The second-order valence-electron chi connectivity index (χ2n) is 7.21. The molecule has 2 aliphatic heterocycles. The highest BCUT2D eigenvalue weighted by atomic mass is 127. The summed E-state index contributed by atoms with van der Waals surface area (Å²) in [5, 5.41) is 7.52. The van der Waals surface area contributed by atoms with E-state index in [1.165, 1.54) is 5.56 Å². The van der Waals surface area contributed by atoms with Gasteiger partial charge in [0.2, 0.25) is 6.79 Å². The van der Waals surface area contributed by atoms with Gasteiger partial charge in [-0.25, -0.2) is 0 Å². The van der Waals surface area contributed by atoms with Crippen molar-refractivity contribution in [2.24, 2.45) is 4.99 Å². The molecule has 0 amide bonds. The van der Waals surface area contributed by atoms with Crippen LogP contribution in [0, 0.1) is 0 Å². The zero-order valence-corrected chi connectivity index (χ0v) is 19.0. The van der Waals surface area contributed by atoms with Gasteiger partial charge in [-0.1, -0.05) is 11.2 Å². The Bertz CT molecular complexity index is 822. The normalized spacial score (nSPS) is 17.5. The van der Waals surface area contributed by atoms with Gasteiger partial charge in [-0.2, -0.15) is 0 Å². The van der Waals surface area contributed by atoms with Crippen molar-refractivity contribution in [2.45, 2.75) is 24.8 Å². The van der Waals surface area contributed by atoms with Crippen LogP contribution in [-0.2, 0) is 16.7 Å². The molecule has 158 valence electrons. The van der Waals surface area contributed by atoms with Gasteiger partial charge in [0.05, 0.1) is 6.54 Å². The summed E-state index contributed by atoms with van der Waals surface area (Å²) in [6, 6.07) is 8.11. The van der Waals surface area contributed by atoms with Crippen molar-refractivity contribution < 1.29 is 18.7 Å². The Balaban J connectivity index is 0.00000240. The summed E-state index contributed by atoms with van der Waals surface area (Å²) < 4.78 is 21.6. The maximum absolute atomic E-state index is 5.65. The molecule has 1 N–H and O–H groups in total. The Morgan fingerprint density at radius 2 is 2.00 bits per heavy atom. The zero-order valence-electron chi connectivity index (χ0n) is 16.7. The molecule has 1 aromatic heterocycles. The van der Waals surface area contributed by atoms with E-state index in [-0.39, 0.29) is 36.2 Å². The lowest BCUT2D eigenvalue weighted by Gasteiger charge is -2.39. The molecular weight excluding hydrogens is 487 g/mol. The smallest absolute Gasteiger partial charge is 0.231 e. The standard InChI is InChI=1S/C20H26N4O4.HI/c1-21-19(24(2)12-16-5-8-28-23-16)22-13-20(6-9-25-10-7-20)15-3-4-17-18(11-15)27-14-26-17;/h3-5,8,11H,6-7,9-10,12-14H2,1-2H3,(H,21,22);1H. The van der Waals surface area contributed by atoms with E-state index in [4.69, 9.17) is 18.7 Å². The molecule has 29 heavy (non-hydrogen) atoms. The second-order valence-corrected chi connectivity index (χ2v) is 7.21. The topological polar surface area (TPSA) is 81.4 Å². The number of nitrogens with one attached hydrogen (secondary N) is 1. The van der Waals surface area contributed by atoms with Gasteiger partial charge in [0, 0.05) is 45.3 Å². The molecule has 2 aromatic rings. The van der Waals surface area contributed by atoms with E-state index in [1.54, 1.807) is 13.3 Å². The van der Waals surface area contributed by atoms with Gasteiger partial charge in [0.1, 0.15) is 12.0 Å². The zero-order chi connectivity index (χ0) is 19.4. The Hall–Kier alpha value is -2.01. The number of aromatic nitrogens is 1. The Morgan fingerprint density at radius 3 is 2.72 bits per heavy atom. The fourth-order valence-electron chi connectivity index (χ4n) is 3.83. The van der Waals surface area contributed by atoms with E-state index < -0.39 is 0 Å². The maximum atomic E-state index is 5.65. The van der Waals surface area contributed by atoms with Crippen LogP contribution < -0.4 is 14.8 Å². The van der Waals surface area contributed by atoms with Crippen molar-refractivity contribution in [1.82, 2.24) is 15.4 Å². The molecule has 4 rings (SSSR count). The van der Waals surface area contributed by atoms with Gasteiger partial charge in [-0.05, 0) is 30.5 Å². The van der Waals surface area contributed by atoms with E-state index in [2.05, 4.69) is 27.6 Å². The number of nitrogens with zero attached hydrogens (tertiary/aromatic N) is 3. The third-order valence-electron chi connectivity index (χ3n) is 5.48. The molecule has 0 unspecified atom stereocenters. The number of fused-ring (bicyclic) bond motifs is 1. The molecule has 1 fully saturated rings. The first-order chi connectivity index (χ1) is 13.7. The summed E-state index contributed by atoms with van der Waals surface area (Å²) in [5.41, 5.74) is 2.05. The summed E-state index contributed by atoms with van der Waals surface area (Å²) in [6.07, 6.45) is 3.45. The summed E-state index contributed by atoms with van der Waals surface area (Å²) in [7, 11) is 3.78. The highest BCUT2D eigenvalue weighted by Crippen LogP contribution is 2.40. The third kappa shape index (κ3) is 4.77. The van der Waals surface area contributed by atoms with Crippen LogP contribution in [0.2, 0.25) is 0 Å². The number of guanidine groups is 1. The number of rotatable bonds is 5. The molecule has 9 heteroatoms. The van der Waals surface area contributed by atoms with E-state index in [1.807, 2.05) is 24.1 Å². The molecule has 1 saturated heterocycles. The quantitative estimate of drug-likeness (QED) is 0.374. The first-order valence-electron chi connectivity index (χ1n) is 9.49. The first-order valence-corrected chi connectivity index (χ1v) is 9.49. The van der Waals surface area contributed by atoms with Crippen LogP contribution in [0.4, 0.5) is 0 Å². The molecule has 0 bridgehead atoms. The molecule has 0 spiro atoms. The lowest BCUT2D eigenvalue weighted by molar-refractivity contribution is 0.0511. The van der Waals surface area contributed by atoms with Crippen molar-refractivity contribution in [3.05, 3.63) is 41.8 Å². The van der Waals surface area contributed by atoms with Crippen LogP contribution in [0.5, 0.6) is 11.5 Å². The van der Waals surface area contributed by atoms with Crippen molar-refractivity contribution in [3.8, 4) is 11.5 Å². The highest BCUT2D eigenvalue weighted by molar-refractivity contribution is 14.0. The Morgan fingerprint density at radius 1 is 1.21 bits per heavy atom. The monoisotopic (exact) mass is 514 g/mol. The molecule has 0 radical (unpaired) electrons. The lowest BCUT2D eigenvalue weighted by Crippen LogP contribution is -2.48. The summed E-state index contributed by atoms with van der Waals surface area (Å²) in [5.74, 6) is 2.44. The van der Waals surface area contributed by atoms with Crippen molar-refractivity contribution in [1.29, 1.82) is 0 Å². The van der Waals surface area contributed by atoms with Gasteiger partial charge >= 0.3 is 0 Å². The van der Waals surface area contributed by atoms with Crippen LogP contribution >= 0.6 is 24.0 Å². The highest BCUT2D eigenvalue weighted by Gasteiger charge is 2.36. The number of aliphatic imine (C=N–C) groups is 1. The first kappa shape index (κ1) is 21.7. The molecule has 0 saturated carbocycles. The summed E-state index contributed by atoms with van der Waals surface area (Å²) in [4.78, 5) is 6.46. The van der Waals surface area contributed by atoms with E-state index in [0.29, 0.717) is 6.54 Å². The summed E-state index contributed by atoms with van der Waals surface area (Å²) in [6.45, 7) is 3.14. The minimum atomic E-state index is -0.0517. The minimum absolute atomic E-state index is 0. The number of ether oxygens (including phenoxy) is 3. The van der Waals surface area contributed by atoms with Crippen LogP contribution in [0.3, 0.4) is 0 Å². The van der Waals surface area contributed by atoms with Crippen LogP contribution in [0.15, 0.2) is 40.0 Å². The molecular formula is C20H27IN4O4.